The molecule has 1 amide bonds. The van der Waals surface area contributed by atoms with Crippen molar-refractivity contribution in [1.82, 2.24) is 19.9 Å². The van der Waals surface area contributed by atoms with Crippen LogP contribution in [0.15, 0.2) is 67.0 Å². The number of hydrogen-bond acceptors (Lipinski definition) is 4. The van der Waals surface area contributed by atoms with E-state index >= 15 is 0 Å². The molecule has 0 aliphatic carbocycles. The maximum atomic E-state index is 12.7. The van der Waals surface area contributed by atoms with Crippen molar-refractivity contribution >= 4 is 5.91 Å². The van der Waals surface area contributed by atoms with Crippen LogP contribution in [-0.2, 0) is 0 Å². The van der Waals surface area contributed by atoms with Gasteiger partial charge in [-0.25, -0.2) is 0 Å². The summed E-state index contributed by atoms with van der Waals surface area (Å²) in [6.07, 6.45) is 4.20. The van der Waals surface area contributed by atoms with E-state index in [1.165, 1.54) is 0 Å². The van der Waals surface area contributed by atoms with Crippen molar-refractivity contribution in [3.05, 3.63) is 72.6 Å². The van der Waals surface area contributed by atoms with Crippen molar-refractivity contribution in [2.75, 3.05) is 13.1 Å². The van der Waals surface area contributed by atoms with Gasteiger partial charge in [-0.15, -0.1) is 0 Å². The maximum Gasteiger partial charge on any atom is 0.253 e. The predicted molar refractivity (Wildman–Crippen MR) is 92.5 cm³/mol. The van der Waals surface area contributed by atoms with E-state index in [0.717, 1.165) is 12.2 Å². The van der Waals surface area contributed by atoms with Gasteiger partial charge in [0.15, 0.2) is 0 Å². The van der Waals surface area contributed by atoms with Crippen LogP contribution in [0.5, 0.6) is 11.5 Å². The number of rotatable bonds is 4. The molecule has 0 bridgehead atoms. The van der Waals surface area contributed by atoms with Gasteiger partial charge in [0.2, 0.25) is 0 Å². The number of aromatic nitrogens is 3. The summed E-state index contributed by atoms with van der Waals surface area (Å²) in [7, 11) is 0. The van der Waals surface area contributed by atoms with Crippen LogP contribution in [0.25, 0.3) is 0 Å². The molecule has 1 aliphatic rings. The standard InChI is InChI=1S/C19H18N4O2/c24-19(22-13-10-16(14-22)23-20-11-12-21-23)15-6-8-18(9-7-15)25-17-4-2-1-3-5-17/h1-9,11-12,16H,10,13-14H2. The minimum absolute atomic E-state index is 0.0286. The zero-order chi connectivity index (χ0) is 17.1. The summed E-state index contributed by atoms with van der Waals surface area (Å²) in [5, 5.41) is 8.33. The van der Waals surface area contributed by atoms with Crippen molar-refractivity contribution in [3.8, 4) is 11.5 Å². The van der Waals surface area contributed by atoms with E-state index < -0.39 is 0 Å². The zero-order valence-electron chi connectivity index (χ0n) is 13.7. The number of amides is 1. The molecule has 3 aromatic rings. The van der Waals surface area contributed by atoms with E-state index in [9.17, 15) is 4.79 Å². The average Bonchev–Trinajstić information content (AvgIpc) is 3.34. The van der Waals surface area contributed by atoms with Crippen molar-refractivity contribution in [1.29, 1.82) is 0 Å². The minimum atomic E-state index is 0.0286. The number of hydrogen-bond donors (Lipinski definition) is 0. The van der Waals surface area contributed by atoms with Crippen LogP contribution in [0.2, 0.25) is 0 Å². The van der Waals surface area contributed by atoms with Crippen molar-refractivity contribution in [2.24, 2.45) is 0 Å². The van der Waals surface area contributed by atoms with E-state index in [0.29, 0.717) is 24.4 Å². The second-order valence-corrected chi connectivity index (χ2v) is 5.98. The molecule has 2 heterocycles. The lowest BCUT2D eigenvalue weighted by Crippen LogP contribution is -2.29. The molecule has 25 heavy (non-hydrogen) atoms. The fourth-order valence-corrected chi connectivity index (χ4v) is 3.00. The third kappa shape index (κ3) is 3.38. The number of benzene rings is 2. The average molecular weight is 334 g/mol. The van der Waals surface area contributed by atoms with Gasteiger partial charge in [0.05, 0.1) is 18.4 Å². The Hall–Kier alpha value is -3.15. The number of likely N-dealkylation sites (tertiary alicyclic amines) is 1. The normalized spacial score (nSPS) is 16.8. The molecule has 1 fully saturated rings. The molecule has 6 heteroatoms. The third-order valence-electron chi connectivity index (χ3n) is 4.29. The Morgan fingerprint density at radius 1 is 0.960 bits per heavy atom. The van der Waals surface area contributed by atoms with E-state index in [1.807, 2.05) is 47.4 Å². The summed E-state index contributed by atoms with van der Waals surface area (Å²) >= 11 is 0. The predicted octanol–water partition coefficient (Wildman–Crippen LogP) is 3.16. The zero-order valence-corrected chi connectivity index (χ0v) is 13.7. The molecular formula is C19H18N4O2. The molecule has 1 aromatic heterocycles. The maximum absolute atomic E-state index is 12.7. The Morgan fingerprint density at radius 2 is 1.64 bits per heavy atom. The quantitative estimate of drug-likeness (QED) is 0.735. The Bertz CT molecular complexity index is 832. The van der Waals surface area contributed by atoms with Gasteiger partial charge in [-0.1, -0.05) is 18.2 Å². The summed E-state index contributed by atoms with van der Waals surface area (Å²) in [5.41, 5.74) is 0.662. The number of carbonyl (C=O) groups excluding carboxylic acids is 1. The second kappa shape index (κ2) is 6.76. The first-order chi connectivity index (χ1) is 12.3. The molecule has 0 radical (unpaired) electrons. The Balaban J connectivity index is 1.41. The Kier molecular flexibility index (Phi) is 4.16. The van der Waals surface area contributed by atoms with Crippen LogP contribution in [0.1, 0.15) is 22.8 Å². The first kappa shape index (κ1) is 15.4. The molecule has 1 saturated heterocycles. The van der Waals surface area contributed by atoms with Gasteiger partial charge in [0.25, 0.3) is 5.91 Å². The van der Waals surface area contributed by atoms with E-state index in [4.69, 9.17) is 4.74 Å². The van der Waals surface area contributed by atoms with Crippen LogP contribution in [0.3, 0.4) is 0 Å². The first-order valence-electron chi connectivity index (χ1n) is 8.27. The summed E-state index contributed by atoms with van der Waals surface area (Å²) in [5.74, 6) is 1.51. The van der Waals surface area contributed by atoms with Crippen molar-refractivity contribution in [3.63, 3.8) is 0 Å². The van der Waals surface area contributed by atoms with Gasteiger partial charge >= 0.3 is 0 Å². The minimum Gasteiger partial charge on any atom is -0.457 e. The fraction of sp³-hybridized carbons (Fsp3) is 0.211. The number of nitrogens with zero attached hydrogens (tertiary/aromatic N) is 4. The SMILES string of the molecule is O=C(c1ccc(Oc2ccccc2)cc1)N1CCC(n2nccn2)C1. The molecule has 126 valence electrons. The monoisotopic (exact) mass is 334 g/mol. The van der Waals surface area contributed by atoms with Crippen LogP contribution >= 0.6 is 0 Å². The molecule has 0 N–H and O–H groups in total. The highest BCUT2D eigenvalue weighted by Crippen LogP contribution is 2.24. The van der Waals surface area contributed by atoms with Crippen LogP contribution < -0.4 is 4.74 Å². The molecule has 2 aromatic carbocycles. The lowest BCUT2D eigenvalue weighted by atomic mass is 10.2. The van der Waals surface area contributed by atoms with Crippen molar-refractivity contribution in [2.45, 2.75) is 12.5 Å². The molecular weight excluding hydrogens is 316 g/mol. The molecule has 0 spiro atoms. The highest BCUT2D eigenvalue weighted by Gasteiger charge is 2.28. The molecule has 1 unspecified atom stereocenters. The summed E-state index contributed by atoms with van der Waals surface area (Å²) in [6, 6.07) is 17.0. The largest absolute Gasteiger partial charge is 0.457 e. The van der Waals surface area contributed by atoms with Crippen LogP contribution in [0.4, 0.5) is 0 Å². The first-order valence-corrected chi connectivity index (χ1v) is 8.27. The topological polar surface area (TPSA) is 60.2 Å². The highest BCUT2D eigenvalue weighted by atomic mass is 16.5. The van der Waals surface area contributed by atoms with Crippen molar-refractivity contribution < 1.29 is 9.53 Å². The van der Waals surface area contributed by atoms with E-state index in [1.54, 1.807) is 29.3 Å². The molecule has 0 saturated carbocycles. The van der Waals surface area contributed by atoms with Gasteiger partial charge in [-0.05, 0) is 42.8 Å². The smallest absolute Gasteiger partial charge is 0.253 e. The number of carbonyl (C=O) groups is 1. The molecule has 6 nitrogen and oxygen atoms in total. The third-order valence-corrected chi connectivity index (χ3v) is 4.29. The molecule has 4 rings (SSSR count). The van der Waals surface area contributed by atoms with E-state index in [-0.39, 0.29) is 11.9 Å². The number of para-hydroxylation sites is 1. The highest BCUT2D eigenvalue weighted by molar-refractivity contribution is 5.94. The molecule has 1 atom stereocenters. The molecule has 1 aliphatic heterocycles. The lowest BCUT2D eigenvalue weighted by Gasteiger charge is -2.16. The second-order valence-electron chi connectivity index (χ2n) is 5.98. The van der Waals surface area contributed by atoms with E-state index in [2.05, 4.69) is 10.2 Å². The summed E-state index contributed by atoms with van der Waals surface area (Å²) in [6.45, 7) is 1.35. The van der Waals surface area contributed by atoms with Gasteiger partial charge in [-0.3, -0.25) is 4.79 Å². The summed E-state index contributed by atoms with van der Waals surface area (Å²) < 4.78 is 5.76. The van der Waals surface area contributed by atoms with Gasteiger partial charge in [-0.2, -0.15) is 15.0 Å². The van der Waals surface area contributed by atoms with Crippen LogP contribution in [-0.4, -0.2) is 38.9 Å². The van der Waals surface area contributed by atoms with Gasteiger partial charge in [0.1, 0.15) is 11.5 Å². The Morgan fingerprint density at radius 3 is 2.36 bits per heavy atom. The van der Waals surface area contributed by atoms with Crippen LogP contribution in [0, 0.1) is 0 Å². The lowest BCUT2D eigenvalue weighted by molar-refractivity contribution is 0.0786. The summed E-state index contributed by atoms with van der Waals surface area (Å²) in [4.78, 5) is 16.2. The Labute approximate surface area is 145 Å². The number of ether oxygens (including phenoxy) is 1. The fourth-order valence-electron chi connectivity index (χ4n) is 3.00. The van der Waals surface area contributed by atoms with Gasteiger partial charge < -0.3 is 9.64 Å². The van der Waals surface area contributed by atoms with Gasteiger partial charge in [0, 0.05) is 18.7 Å².